The summed E-state index contributed by atoms with van der Waals surface area (Å²) in [6, 6.07) is 11.7. The molecule has 0 aliphatic rings. The highest BCUT2D eigenvalue weighted by molar-refractivity contribution is 9.10. The predicted octanol–water partition coefficient (Wildman–Crippen LogP) is 5.21. The second kappa shape index (κ2) is 7.43. The van der Waals surface area contributed by atoms with Crippen LogP contribution in [0.5, 0.6) is 0 Å². The number of nitrogens with zero attached hydrogens (tertiary/aromatic N) is 1. The first kappa shape index (κ1) is 16.5. The molecule has 1 aromatic carbocycles. The lowest BCUT2D eigenvalue weighted by molar-refractivity contribution is 0.587. The topological polar surface area (TPSA) is 15.3 Å². The monoisotopic (exact) mass is 366 g/mol. The number of benzene rings is 1. The van der Waals surface area contributed by atoms with Gasteiger partial charge in [-0.3, -0.25) is 0 Å². The fourth-order valence-corrected chi connectivity index (χ4v) is 3.43. The maximum Gasteiger partial charge on any atom is 0.0603 e. The lowest BCUT2D eigenvalue weighted by Crippen LogP contribution is -2.26. The molecule has 0 amide bonds. The second-order valence-electron chi connectivity index (χ2n) is 5.61. The van der Waals surface area contributed by atoms with E-state index in [1.54, 1.807) is 0 Å². The van der Waals surface area contributed by atoms with Crippen LogP contribution in [0.25, 0.3) is 0 Å². The van der Waals surface area contributed by atoms with Gasteiger partial charge in [-0.05, 0) is 36.1 Å². The maximum atomic E-state index is 3.60. The minimum Gasteiger partial charge on any atom is -0.367 e. The Morgan fingerprint density at radius 3 is 2.62 bits per heavy atom. The molecule has 1 aromatic heterocycles. The normalized spacial score (nSPS) is 12.7. The van der Waals surface area contributed by atoms with E-state index >= 15 is 0 Å². The van der Waals surface area contributed by atoms with Gasteiger partial charge in [0.15, 0.2) is 0 Å². The third-order valence-corrected chi connectivity index (χ3v) is 5.20. The molecule has 21 heavy (non-hydrogen) atoms. The molecule has 0 radical (unpaired) electrons. The first-order valence-corrected chi connectivity index (χ1v) is 8.94. The fourth-order valence-electron chi connectivity index (χ4n) is 2.26. The van der Waals surface area contributed by atoms with Crippen LogP contribution in [0.1, 0.15) is 37.3 Å². The van der Waals surface area contributed by atoms with Crippen LogP contribution in [0.4, 0.5) is 5.69 Å². The van der Waals surface area contributed by atoms with Gasteiger partial charge in [0.05, 0.1) is 6.04 Å². The van der Waals surface area contributed by atoms with Crippen molar-refractivity contribution in [3.05, 3.63) is 50.6 Å². The molecule has 114 valence electrons. The van der Waals surface area contributed by atoms with E-state index < -0.39 is 0 Å². The standard InChI is InChI=1S/C17H23BrN2S/c1-12(2)19-11-14-7-8-15(18)10-16(14)20(4)13(3)17-6-5-9-21-17/h5-10,12-13,19H,11H2,1-4H3. The summed E-state index contributed by atoms with van der Waals surface area (Å²) in [7, 11) is 2.17. The van der Waals surface area contributed by atoms with E-state index in [1.807, 2.05) is 11.3 Å². The van der Waals surface area contributed by atoms with Crippen LogP contribution in [0, 0.1) is 0 Å². The molecule has 2 rings (SSSR count). The number of hydrogen-bond donors (Lipinski definition) is 1. The summed E-state index contributed by atoms with van der Waals surface area (Å²) < 4.78 is 1.12. The summed E-state index contributed by atoms with van der Waals surface area (Å²) in [6.45, 7) is 7.50. The molecule has 1 heterocycles. The summed E-state index contributed by atoms with van der Waals surface area (Å²) in [5.41, 5.74) is 2.61. The van der Waals surface area contributed by atoms with E-state index in [9.17, 15) is 0 Å². The van der Waals surface area contributed by atoms with Crippen LogP contribution in [0.15, 0.2) is 40.2 Å². The van der Waals surface area contributed by atoms with Crippen molar-refractivity contribution in [2.24, 2.45) is 0 Å². The third-order valence-electron chi connectivity index (χ3n) is 3.66. The van der Waals surface area contributed by atoms with Gasteiger partial charge in [0, 0.05) is 34.7 Å². The Morgan fingerprint density at radius 1 is 1.24 bits per heavy atom. The van der Waals surface area contributed by atoms with Crippen LogP contribution < -0.4 is 10.2 Å². The number of anilines is 1. The van der Waals surface area contributed by atoms with E-state index in [0.29, 0.717) is 12.1 Å². The first-order chi connectivity index (χ1) is 9.99. The lowest BCUT2D eigenvalue weighted by Gasteiger charge is -2.29. The second-order valence-corrected chi connectivity index (χ2v) is 7.51. The zero-order valence-electron chi connectivity index (χ0n) is 13.1. The summed E-state index contributed by atoms with van der Waals surface area (Å²) in [4.78, 5) is 3.74. The molecular weight excluding hydrogens is 344 g/mol. The van der Waals surface area contributed by atoms with Crippen molar-refractivity contribution in [3.8, 4) is 0 Å². The van der Waals surface area contributed by atoms with Crippen molar-refractivity contribution in [3.63, 3.8) is 0 Å². The molecule has 0 spiro atoms. The Labute approximate surface area is 140 Å². The first-order valence-electron chi connectivity index (χ1n) is 7.27. The van der Waals surface area contributed by atoms with E-state index in [2.05, 4.69) is 89.7 Å². The molecule has 0 bridgehead atoms. The zero-order valence-corrected chi connectivity index (χ0v) is 15.5. The van der Waals surface area contributed by atoms with Gasteiger partial charge in [0.1, 0.15) is 0 Å². The van der Waals surface area contributed by atoms with E-state index in [1.165, 1.54) is 16.1 Å². The molecule has 0 fully saturated rings. The molecule has 2 aromatic rings. The van der Waals surface area contributed by atoms with Crippen molar-refractivity contribution in [2.75, 3.05) is 11.9 Å². The zero-order chi connectivity index (χ0) is 15.4. The third kappa shape index (κ3) is 4.31. The molecule has 1 N–H and O–H groups in total. The Kier molecular flexibility index (Phi) is 5.85. The molecular formula is C17H23BrN2S. The SMILES string of the molecule is CC(C)NCc1ccc(Br)cc1N(C)C(C)c1cccs1. The van der Waals surface area contributed by atoms with Crippen molar-refractivity contribution in [1.29, 1.82) is 0 Å². The van der Waals surface area contributed by atoms with Crippen molar-refractivity contribution in [1.82, 2.24) is 5.32 Å². The van der Waals surface area contributed by atoms with Gasteiger partial charge in [-0.15, -0.1) is 11.3 Å². The minimum atomic E-state index is 0.372. The summed E-state index contributed by atoms with van der Waals surface area (Å²) >= 11 is 5.41. The molecule has 0 saturated carbocycles. The molecule has 4 heteroatoms. The summed E-state index contributed by atoms with van der Waals surface area (Å²) in [5, 5.41) is 5.65. The van der Waals surface area contributed by atoms with Gasteiger partial charge in [-0.1, -0.05) is 41.9 Å². The Morgan fingerprint density at radius 2 is 2.00 bits per heavy atom. The number of rotatable bonds is 6. The van der Waals surface area contributed by atoms with E-state index in [4.69, 9.17) is 0 Å². The van der Waals surface area contributed by atoms with Gasteiger partial charge in [-0.25, -0.2) is 0 Å². The summed E-state index contributed by atoms with van der Waals surface area (Å²) in [6.07, 6.45) is 0. The average molecular weight is 367 g/mol. The van der Waals surface area contributed by atoms with Crippen LogP contribution in [0.2, 0.25) is 0 Å². The highest BCUT2D eigenvalue weighted by Crippen LogP contribution is 2.32. The van der Waals surface area contributed by atoms with Gasteiger partial charge < -0.3 is 10.2 Å². The predicted molar refractivity (Wildman–Crippen MR) is 97.3 cm³/mol. The average Bonchev–Trinajstić information content (AvgIpc) is 2.98. The van der Waals surface area contributed by atoms with Crippen LogP contribution in [0.3, 0.4) is 0 Å². The van der Waals surface area contributed by atoms with E-state index in [0.717, 1.165) is 11.0 Å². The van der Waals surface area contributed by atoms with Crippen LogP contribution >= 0.6 is 27.3 Å². The molecule has 1 unspecified atom stereocenters. The number of halogens is 1. The number of hydrogen-bond acceptors (Lipinski definition) is 3. The molecule has 1 atom stereocenters. The molecule has 0 saturated heterocycles. The van der Waals surface area contributed by atoms with Crippen molar-refractivity contribution in [2.45, 2.75) is 39.4 Å². The van der Waals surface area contributed by atoms with Gasteiger partial charge in [0.25, 0.3) is 0 Å². The summed E-state index contributed by atoms with van der Waals surface area (Å²) in [5.74, 6) is 0. The largest absolute Gasteiger partial charge is 0.367 e. The fraction of sp³-hybridized carbons (Fsp3) is 0.412. The number of thiophene rings is 1. The maximum absolute atomic E-state index is 3.60. The van der Waals surface area contributed by atoms with E-state index in [-0.39, 0.29) is 0 Å². The Bertz CT molecular complexity index is 566. The van der Waals surface area contributed by atoms with Crippen LogP contribution in [-0.4, -0.2) is 13.1 Å². The highest BCUT2D eigenvalue weighted by atomic mass is 79.9. The minimum absolute atomic E-state index is 0.372. The van der Waals surface area contributed by atoms with Crippen molar-refractivity contribution < 1.29 is 0 Å². The number of nitrogens with one attached hydrogen (secondary N) is 1. The highest BCUT2D eigenvalue weighted by Gasteiger charge is 2.16. The quantitative estimate of drug-likeness (QED) is 0.754. The molecule has 2 nitrogen and oxygen atoms in total. The van der Waals surface area contributed by atoms with Crippen LogP contribution in [-0.2, 0) is 6.54 Å². The molecule has 0 aliphatic heterocycles. The Balaban J connectivity index is 2.26. The van der Waals surface area contributed by atoms with Crippen molar-refractivity contribution >= 4 is 33.0 Å². The molecule has 0 aliphatic carbocycles. The van der Waals surface area contributed by atoms with Gasteiger partial charge in [-0.2, -0.15) is 0 Å². The van der Waals surface area contributed by atoms with Gasteiger partial charge in [0.2, 0.25) is 0 Å². The Hall–Kier alpha value is -0.840. The smallest absolute Gasteiger partial charge is 0.0603 e. The van der Waals surface area contributed by atoms with Gasteiger partial charge >= 0.3 is 0 Å². The lowest BCUT2D eigenvalue weighted by atomic mass is 10.1.